The van der Waals surface area contributed by atoms with Gasteiger partial charge in [0.2, 0.25) is 5.91 Å². The molecule has 1 fully saturated rings. The van der Waals surface area contributed by atoms with Crippen molar-refractivity contribution in [1.82, 2.24) is 9.80 Å². The summed E-state index contributed by atoms with van der Waals surface area (Å²) in [6.07, 6.45) is 2.03. The molecule has 0 spiro atoms. The number of hydrogen-bond donors (Lipinski definition) is 0. The highest BCUT2D eigenvalue weighted by Gasteiger charge is 2.35. The van der Waals surface area contributed by atoms with Crippen molar-refractivity contribution in [2.45, 2.75) is 38.4 Å². The molecule has 3 nitrogen and oxygen atoms in total. The van der Waals surface area contributed by atoms with Crippen molar-refractivity contribution in [3.63, 3.8) is 0 Å². The molecule has 0 aliphatic heterocycles. The first-order valence-corrected chi connectivity index (χ1v) is 8.95. The van der Waals surface area contributed by atoms with Gasteiger partial charge in [0.25, 0.3) is 0 Å². The molecule has 1 aliphatic carbocycles. The number of benzene rings is 2. The Hall–Kier alpha value is -2.27. The van der Waals surface area contributed by atoms with Crippen LogP contribution in [-0.2, 0) is 11.3 Å². The first kappa shape index (κ1) is 18.5. The maximum absolute atomic E-state index is 14.1. The molecule has 0 aromatic heterocycles. The average molecular weight is 358 g/mol. The minimum absolute atomic E-state index is 0.0941. The van der Waals surface area contributed by atoms with Gasteiger partial charge in [-0.05, 0) is 31.9 Å². The van der Waals surface area contributed by atoms with Crippen molar-refractivity contribution in [3.05, 3.63) is 71.3 Å². The molecule has 2 aromatic rings. The summed E-state index contributed by atoms with van der Waals surface area (Å²) >= 11 is 0. The minimum Gasteiger partial charge on any atom is -0.340 e. The van der Waals surface area contributed by atoms with Gasteiger partial charge in [-0.3, -0.25) is 9.69 Å². The normalized spacial score (nSPS) is 15.1. The molecule has 0 bridgehead atoms. The van der Waals surface area contributed by atoms with Crippen molar-refractivity contribution >= 4 is 5.91 Å². The number of carbonyl (C=O) groups is 1. The van der Waals surface area contributed by atoms with E-state index in [1.54, 1.807) is 37.4 Å². The second-order valence-corrected chi connectivity index (χ2v) is 6.94. The summed E-state index contributed by atoms with van der Waals surface area (Å²) in [5.41, 5.74) is 1.09. The summed E-state index contributed by atoms with van der Waals surface area (Å²) in [5, 5.41) is 0. The minimum atomic E-state index is -0.314. The van der Waals surface area contributed by atoms with Gasteiger partial charge in [0.1, 0.15) is 11.6 Å². The SMILES string of the molecule is CC(c1ccccc1F)N(CC(=O)N(C)Cc1ccccc1F)C1CC1. The van der Waals surface area contributed by atoms with Crippen LogP contribution in [0.1, 0.15) is 36.9 Å². The lowest BCUT2D eigenvalue weighted by atomic mass is 10.1. The van der Waals surface area contributed by atoms with E-state index < -0.39 is 0 Å². The van der Waals surface area contributed by atoms with Crippen LogP contribution in [0.2, 0.25) is 0 Å². The van der Waals surface area contributed by atoms with Crippen molar-refractivity contribution in [3.8, 4) is 0 Å². The summed E-state index contributed by atoms with van der Waals surface area (Å²) in [6.45, 7) is 2.35. The Morgan fingerprint density at radius 3 is 2.31 bits per heavy atom. The quantitative estimate of drug-likeness (QED) is 0.742. The van der Waals surface area contributed by atoms with Gasteiger partial charge < -0.3 is 4.90 Å². The molecule has 0 N–H and O–H groups in total. The third-order valence-electron chi connectivity index (χ3n) is 4.98. The molecule has 1 saturated carbocycles. The zero-order valence-electron chi connectivity index (χ0n) is 15.2. The van der Waals surface area contributed by atoms with E-state index in [1.165, 1.54) is 17.0 Å². The molecule has 0 heterocycles. The topological polar surface area (TPSA) is 23.6 Å². The van der Waals surface area contributed by atoms with E-state index in [9.17, 15) is 13.6 Å². The Balaban J connectivity index is 1.69. The monoisotopic (exact) mass is 358 g/mol. The third-order valence-corrected chi connectivity index (χ3v) is 4.98. The number of amides is 1. The van der Waals surface area contributed by atoms with Crippen LogP contribution in [-0.4, -0.2) is 35.3 Å². The van der Waals surface area contributed by atoms with Gasteiger partial charge in [0.05, 0.1) is 6.54 Å². The first-order chi connectivity index (χ1) is 12.5. The van der Waals surface area contributed by atoms with Crippen LogP contribution in [0.5, 0.6) is 0 Å². The number of nitrogens with zero attached hydrogens (tertiary/aromatic N) is 2. The van der Waals surface area contributed by atoms with Crippen LogP contribution in [0.4, 0.5) is 8.78 Å². The smallest absolute Gasteiger partial charge is 0.236 e. The van der Waals surface area contributed by atoms with Crippen LogP contribution in [0, 0.1) is 11.6 Å². The van der Waals surface area contributed by atoms with Gasteiger partial charge in [-0.1, -0.05) is 36.4 Å². The Kier molecular flexibility index (Phi) is 5.67. The lowest BCUT2D eigenvalue weighted by molar-refractivity contribution is -0.132. The fourth-order valence-electron chi connectivity index (χ4n) is 3.23. The molecule has 2 aromatic carbocycles. The Labute approximate surface area is 153 Å². The first-order valence-electron chi connectivity index (χ1n) is 8.95. The molecule has 5 heteroatoms. The van der Waals surface area contributed by atoms with E-state index in [2.05, 4.69) is 4.90 Å². The predicted molar refractivity (Wildman–Crippen MR) is 97.4 cm³/mol. The van der Waals surface area contributed by atoms with E-state index in [4.69, 9.17) is 0 Å². The zero-order valence-corrected chi connectivity index (χ0v) is 15.2. The van der Waals surface area contributed by atoms with Gasteiger partial charge in [-0.2, -0.15) is 0 Å². The predicted octanol–water partition coefficient (Wildman–Crippen LogP) is 4.15. The number of carbonyl (C=O) groups excluding carboxylic acids is 1. The molecule has 1 amide bonds. The average Bonchev–Trinajstić information content (AvgIpc) is 3.46. The molecule has 3 rings (SSSR count). The Bertz CT molecular complexity index is 776. The Morgan fingerprint density at radius 2 is 1.69 bits per heavy atom. The number of rotatable bonds is 7. The van der Waals surface area contributed by atoms with Crippen molar-refractivity contribution in [2.75, 3.05) is 13.6 Å². The van der Waals surface area contributed by atoms with Crippen molar-refractivity contribution < 1.29 is 13.6 Å². The standard InChI is InChI=1S/C21H24F2N2O/c1-15(18-8-4-6-10-20(18)23)25(17-11-12-17)14-21(26)24(2)13-16-7-3-5-9-19(16)22/h3-10,15,17H,11-14H2,1-2H3. The van der Waals surface area contributed by atoms with Gasteiger partial charge in [-0.25, -0.2) is 8.78 Å². The summed E-state index contributed by atoms with van der Waals surface area (Å²) in [5.74, 6) is -0.660. The third kappa shape index (κ3) is 4.28. The zero-order chi connectivity index (χ0) is 18.7. The second-order valence-electron chi connectivity index (χ2n) is 6.94. The fraction of sp³-hybridized carbons (Fsp3) is 0.381. The molecule has 26 heavy (non-hydrogen) atoms. The van der Waals surface area contributed by atoms with E-state index in [0.717, 1.165) is 12.8 Å². The number of hydrogen-bond acceptors (Lipinski definition) is 2. The van der Waals surface area contributed by atoms with Crippen LogP contribution in [0.15, 0.2) is 48.5 Å². The summed E-state index contributed by atoms with van der Waals surface area (Å²) in [7, 11) is 1.67. The fourth-order valence-corrected chi connectivity index (χ4v) is 3.23. The highest BCUT2D eigenvalue weighted by Crippen LogP contribution is 2.34. The molecule has 0 radical (unpaired) electrons. The van der Waals surface area contributed by atoms with E-state index >= 15 is 0 Å². The maximum atomic E-state index is 14.1. The van der Waals surface area contributed by atoms with Crippen LogP contribution >= 0.6 is 0 Å². The summed E-state index contributed by atoms with van der Waals surface area (Å²) in [6, 6.07) is 13.3. The molecular formula is C21H24F2N2O. The van der Waals surface area contributed by atoms with Gasteiger partial charge >= 0.3 is 0 Å². The number of likely N-dealkylation sites (N-methyl/N-ethyl adjacent to an activating group) is 1. The van der Waals surface area contributed by atoms with E-state index in [1.807, 2.05) is 13.0 Å². The largest absolute Gasteiger partial charge is 0.340 e. The van der Waals surface area contributed by atoms with Gasteiger partial charge in [0.15, 0.2) is 0 Å². The maximum Gasteiger partial charge on any atom is 0.236 e. The molecular weight excluding hydrogens is 334 g/mol. The van der Waals surface area contributed by atoms with E-state index in [-0.39, 0.29) is 36.7 Å². The van der Waals surface area contributed by atoms with Gasteiger partial charge in [0, 0.05) is 36.8 Å². The van der Waals surface area contributed by atoms with Gasteiger partial charge in [-0.15, -0.1) is 0 Å². The lowest BCUT2D eigenvalue weighted by Gasteiger charge is -2.31. The summed E-state index contributed by atoms with van der Waals surface area (Å²) < 4.78 is 28.0. The van der Waals surface area contributed by atoms with E-state index in [0.29, 0.717) is 17.2 Å². The van der Waals surface area contributed by atoms with Crippen molar-refractivity contribution in [2.24, 2.45) is 0 Å². The molecule has 1 atom stereocenters. The molecule has 1 aliphatic rings. The number of halogens is 2. The Morgan fingerprint density at radius 1 is 1.08 bits per heavy atom. The van der Waals surface area contributed by atoms with Crippen LogP contribution in [0.3, 0.4) is 0 Å². The molecule has 138 valence electrons. The molecule has 0 saturated heterocycles. The lowest BCUT2D eigenvalue weighted by Crippen LogP contribution is -2.40. The molecule has 1 unspecified atom stereocenters. The highest BCUT2D eigenvalue weighted by atomic mass is 19.1. The second kappa shape index (κ2) is 7.96. The van der Waals surface area contributed by atoms with Crippen LogP contribution < -0.4 is 0 Å². The summed E-state index contributed by atoms with van der Waals surface area (Å²) in [4.78, 5) is 16.3. The van der Waals surface area contributed by atoms with Crippen molar-refractivity contribution in [1.29, 1.82) is 0 Å². The highest BCUT2D eigenvalue weighted by molar-refractivity contribution is 5.78. The van der Waals surface area contributed by atoms with Crippen LogP contribution in [0.25, 0.3) is 0 Å².